The van der Waals surface area contributed by atoms with Gasteiger partial charge in [0.1, 0.15) is 11.7 Å². The Balaban J connectivity index is 2.01. The number of pyridine rings is 1. The van der Waals surface area contributed by atoms with E-state index in [0.717, 1.165) is 12.8 Å². The molecule has 1 aromatic carbocycles. The maximum Gasteiger partial charge on any atom is 0.260 e. The Morgan fingerprint density at radius 2 is 2.00 bits per heavy atom. The lowest BCUT2D eigenvalue weighted by Crippen LogP contribution is -2.39. The second-order valence-electron chi connectivity index (χ2n) is 10.0. The predicted molar refractivity (Wildman–Crippen MR) is 140 cm³/mol. The number of methoxy groups -OCH3 is 1. The Hall–Kier alpha value is -2.45. The summed E-state index contributed by atoms with van der Waals surface area (Å²) in [6.07, 6.45) is 3.39. The lowest BCUT2D eigenvalue weighted by atomic mass is 9.92. The SMILES string of the molecule is C/C=C(F)\C(Cc1c(C)c(-c2cccc(OC)c2F)c(=O)n2c1SC(C)(C)C2CNC1CC1)=C(/C)F. The lowest BCUT2D eigenvalue weighted by Gasteiger charge is -2.27. The molecule has 8 heteroatoms. The standard InChI is InChI=1S/C28H33F3N2O2S/c1-7-21(30)20(16(3)29)13-19-15(2)24(18-9-8-10-22(35-6)25(18)31)26(34)33-23(14-32-17-11-12-17)28(4,5)36-27(19)33/h7-10,17,23,32H,11-14H2,1-6H3/b20-16+,21-7+. The molecule has 0 amide bonds. The summed E-state index contributed by atoms with van der Waals surface area (Å²) in [6.45, 7) is 9.18. The minimum Gasteiger partial charge on any atom is -0.494 e. The number of thioether (sulfide) groups is 1. The average molecular weight is 519 g/mol. The summed E-state index contributed by atoms with van der Waals surface area (Å²) in [6, 6.07) is 4.90. The van der Waals surface area contributed by atoms with Crippen LogP contribution in [0.25, 0.3) is 11.1 Å². The number of allylic oxidation sites excluding steroid dienone is 4. The number of ether oxygens (including phenoxy) is 1. The normalized spacial score (nSPS) is 19.8. The average Bonchev–Trinajstić information content (AvgIpc) is 3.61. The van der Waals surface area contributed by atoms with Crippen molar-refractivity contribution in [2.24, 2.45) is 0 Å². The molecular weight excluding hydrogens is 485 g/mol. The summed E-state index contributed by atoms with van der Waals surface area (Å²) in [7, 11) is 1.37. The molecule has 1 fully saturated rings. The van der Waals surface area contributed by atoms with E-state index >= 15 is 4.39 Å². The summed E-state index contributed by atoms with van der Waals surface area (Å²) in [4.78, 5) is 14.1. The van der Waals surface area contributed by atoms with E-state index in [0.29, 0.717) is 28.7 Å². The van der Waals surface area contributed by atoms with Gasteiger partial charge in [0.2, 0.25) is 0 Å². The van der Waals surface area contributed by atoms with Crippen molar-refractivity contribution in [1.29, 1.82) is 0 Å². The van der Waals surface area contributed by atoms with Gasteiger partial charge in [-0.25, -0.2) is 13.2 Å². The number of halogens is 3. The zero-order valence-corrected chi connectivity index (χ0v) is 22.4. The second-order valence-corrected chi connectivity index (χ2v) is 11.7. The summed E-state index contributed by atoms with van der Waals surface area (Å²) in [5.74, 6) is -1.89. The van der Waals surface area contributed by atoms with Crippen LogP contribution in [-0.4, -0.2) is 29.0 Å². The molecule has 0 bridgehead atoms. The minimum atomic E-state index is -0.650. The van der Waals surface area contributed by atoms with Gasteiger partial charge in [-0.1, -0.05) is 30.0 Å². The number of aromatic nitrogens is 1. The van der Waals surface area contributed by atoms with Crippen molar-refractivity contribution in [3.05, 3.63) is 68.8 Å². The lowest BCUT2D eigenvalue weighted by molar-refractivity contribution is 0.377. The number of nitrogens with one attached hydrogen (secondary N) is 1. The Morgan fingerprint density at radius 3 is 2.58 bits per heavy atom. The highest BCUT2D eigenvalue weighted by molar-refractivity contribution is 8.00. The van der Waals surface area contributed by atoms with Crippen molar-refractivity contribution >= 4 is 11.8 Å². The molecule has 2 aliphatic rings. The Kier molecular flexibility index (Phi) is 7.49. The van der Waals surface area contributed by atoms with E-state index in [2.05, 4.69) is 19.2 Å². The van der Waals surface area contributed by atoms with Crippen molar-refractivity contribution in [2.45, 2.75) is 75.7 Å². The minimum absolute atomic E-state index is 0.0279. The van der Waals surface area contributed by atoms with E-state index in [-0.39, 0.29) is 45.2 Å². The molecule has 1 atom stereocenters. The van der Waals surface area contributed by atoms with Crippen LogP contribution in [0.1, 0.15) is 57.7 Å². The third-order valence-electron chi connectivity index (χ3n) is 7.15. The topological polar surface area (TPSA) is 43.3 Å². The van der Waals surface area contributed by atoms with Crippen LogP contribution in [0, 0.1) is 12.7 Å². The van der Waals surface area contributed by atoms with Gasteiger partial charge in [-0.3, -0.25) is 9.36 Å². The molecule has 4 rings (SSSR count). The molecule has 1 N–H and O–H groups in total. The van der Waals surface area contributed by atoms with Crippen molar-refractivity contribution in [3.63, 3.8) is 0 Å². The van der Waals surface area contributed by atoms with Crippen LogP contribution in [0.15, 0.2) is 51.3 Å². The smallest absolute Gasteiger partial charge is 0.260 e. The van der Waals surface area contributed by atoms with Crippen LogP contribution >= 0.6 is 11.8 Å². The largest absolute Gasteiger partial charge is 0.494 e. The third kappa shape index (κ3) is 4.77. The fraction of sp³-hybridized carbons (Fsp3) is 0.464. The summed E-state index contributed by atoms with van der Waals surface area (Å²) >= 11 is 1.53. The number of nitrogens with zero attached hydrogens (tertiary/aromatic N) is 1. The zero-order chi connectivity index (χ0) is 26.4. The molecule has 194 valence electrons. The van der Waals surface area contributed by atoms with E-state index in [1.54, 1.807) is 23.6 Å². The first-order valence-corrected chi connectivity index (χ1v) is 13.0. The third-order valence-corrected chi connectivity index (χ3v) is 8.59. The molecule has 2 aromatic rings. The molecule has 1 saturated carbocycles. The van der Waals surface area contributed by atoms with Gasteiger partial charge in [0.05, 0.1) is 23.7 Å². The summed E-state index contributed by atoms with van der Waals surface area (Å²) in [5, 5.41) is 4.21. The second kappa shape index (κ2) is 10.1. The van der Waals surface area contributed by atoms with E-state index in [4.69, 9.17) is 4.74 Å². The van der Waals surface area contributed by atoms with Crippen molar-refractivity contribution < 1.29 is 17.9 Å². The first-order valence-electron chi connectivity index (χ1n) is 12.2. The van der Waals surface area contributed by atoms with E-state index in [9.17, 15) is 13.6 Å². The number of hydrogen-bond donors (Lipinski definition) is 1. The summed E-state index contributed by atoms with van der Waals surface area (Å²) < 4.78 is 51.2. The number of benzene rings is 1. The maximum atomic E-state index is 15.5. The van der Waals surface area contributed by atoms with Crippen LogP contribution in [0.4, 0.5) is 13.2 Å². The number of rotatable bonds is 8. The first-order chi connectivity index (χ1) is 17.0. The first kappa shape index (κ1) is 26.6. The molecule has 0 spiro atoms. The molecule has 1 aromatic heterocycles. The van der Waals surface area contributed by atoms with Crippen molar-refractivity contribution in [1.82, 2.24) is 9.88 Å². The number of hydrogen-bond acceptors (Lipinski definition) is 4. The van der Waals surface area contributed by atoms with Gasteiger partial charge in [-0.2, -0.15) is 0 Å². The molecule has 0 radical (unpaired) electrons. The highest BCUT2D eigenvalue weighted by Crippen LogP contribution is 2.51. The Bertz CT molecular complexity index is 1300. The van der Waals surface area contributed by atoms with Gasteiger partial charge >= 0.3 is 0 Å². The van der Waals surface area contributed by atoms with Gasteiger partial charge in [-0.15, -0.1) is 0 Å². The van der Waals surface area contributed by atoms with E-state index < -0.39 is 17.5 Å². The fourth-order valence-corrected chi connectivity index (χ4v) is 6.34. The Labute approximate surface area is 214 Å². The molecule has 2 heterocycles. The van der Waals surface area contributed by atoms with Crippen LogP contribution < -0.4 is 15.6 Å². The van der Waals surface area contributed by atoms with Crippen LogP contribution in [0.3, 0.4) is 0 Å². The van der Waals surface area contributed by atoms with Crippen LogP contribution in [-0.2, 0) is 6.42 Å². The summed E-state index contributed by atoms with van der Waals surface area (Å²) in [5.41, 5.74) is 1.07. The monoisotopic (exact) mass is 518 g/mol. The molecule has 1 aliphatic carbocycles. The van der Waals surface area contributed by atoms with Gasteiger partial charge in [-0.05, 0) is 64.7 Å². The van der Waals surface area contributed by atoms with Gasteiger partial charge < -0.3 is 10.1 Å². The highest BCUT2D eigenvalue weighted by atomic mass is 32.2. The maximum absolute atomic E-state index is 15.5. The number of fused-ring (bicyclic) bond motifs is 1. The molecule has 36 heavy (non-hydrogen) atoms. The molecule has 4 nitrogen and oxygen atoms in total. The van der Waals surface area contributed by atoms with Gasteiger partial charge in [0, 0.05) is 34.9 Å². The fourth-order valence-electron chi connectivity index (χ4n) is 4.86. The van der Waals surface area contributed by atoms with Gasteiger partial charge in [0.25, 0.3) is 5.56 Å². The Morgan fingerprint density at radius 1 is 1.31 bits per heavy atom. The zero-order valence-electron chi connectivity index (χ0n) is 21.6. The van der Waals surface area contributed by atoms with E-state index in [1.165, 1.54) is 44.9 Å². The van der Waals surface area contributed by atoms with Crippen molar-refractivity contribution in [2.75, 3.05) is 13.7 Å². The molecule has 1 unspecified atom stereocenters. The van der Waals surface area contributed by atoms with E-state index in [1.807, 2.05) is 0 Å². The van der Waals surface area contributed by atoms with Crippen LogP contribution in [0.5, 0.6) is 5.75 Å². The highest BCUT2D eigenvalue weighted by Gasteiger charge is 2.44. The quantitative estimate of drug-likeness (QED) is 0.390. The molecule has 0 saturated heterocycles. The molecular formula is C28H33F3N2O2S. The molecule has 1 aliphatic heterocycles. The predicted octanol–water partition coefficient (Wildman–Crippen LogP) is 6.81. The van der Waals surface area contributed by atoms with Crippen LogP contribution in [0.2, 0.25) is 0 Å². The van der Waals surface area contributed by atoms with Crippen molar-refractivity contribution in [3.8, 4) is 16.9 Å². The van der Waals surface area contributed by atoms with Gasteiger partial charge in [0.15, 0.2) is 11.6 Å².